The molecule has 2 aromatic heterocycles. The minimum absolute atomic E-state index is 0.0472. The lowest BCUT2D eigenvalue weighted by atomic mass is 10.3. The first kappa shape index (κ1) is 18.1. The van der Waals surface area contributed by atoms with Crippen LogP contribution in [0.1, 0.15) is 6.42 Å². The van der Waals surface area contributed by atoms with Crippen molar-refractivity contribution in [3.05, 3.63) is 69.3 Å². The number of carbonyl (C=O) groups excluding carboxylic acids is 1. The van der Waals surface area contributed by atoms with Gasteiger partial charge >= 0.3 is 5.69 Å². The summed E-state index contributed by atoms with van der Waals surface area (Å²) in [6, 6.07) is 10.8. The van der Waals surface area contributed by atoms with Crippen molar-refractivity contribution in [2.24, 2.45) is 0 Å². The number of pyridine rings is 1. The molecule has 0 bridgehead atoms. The molecular formula is C17H17N5O5. The number of non-ortho nitro benzene ring substituents is 1. The number of carbonyl (C=O) groups is 1. The van der Waals surface area contributed by atoms with Crippen LogP contribution in [0.2, 0.25) is 0 Å². The number of amides is 1. The maximum atomic E-state index is 12.1. The molecule has 0 spiro atoms. The number of fused-ring (bicyclic) bond motifs is 1. The van der Waals surface area contributed by atoms with E-state index in [-0.39, 0.29) is 23.9 Å². The largest absolute Gasteiger partial charge is 0.484 e. The standard InChI is InChI=1S/C17H17N5O5/c23-16(12-27-14-7-5-13(6-8-14)22(25)26)18-9-3-11-21-17(24)20-10-2-1-4-15(20)19-21/h1-2,4-8,10H,3,9,11-12H2,(H,18,23). The van der Waals surface area contributed by atoms with Crippen LogP contribution in [-0.2, 0) is 11.3 Å². The molecule has 0 aliphatic heterocycles. The third kappa shape index (κ3) is 4.48. The smallest absolute Gasteiger partial charge is 0.350 e. The van der Waals surface area contributed by atoms with Crippen LogP contribution in [0.25, 0.3) is 5.65 Å². The summed E-state index contributed by atoms with van der Waals surface area (Å²) in [5.41, 5.74) is 0.301. The zero-order valence-electron chi connectivity index (χ0n) is 14.3. The van der Waals surface area contributed by atoms with E-state index in [1.807, 2.05) is 0 Å². The molecule has 140 valence electrons. The van der Waals surface area contributed by atoms with Crippen LogP contribution in [0.5, 0.6) is 5.75 Å². The highest BCUT2D eigenvalue weighted by Gasteiger charge is 2.08. The lowest BCUT2D eigenvalue weighted by Crippen LogP contribution is -2.31. The van der Waals surface area contributed by atoms with Crippen molar-refractivity contribution in [3.8, 4) is 5.75 Å². The van der Waals surface area contributed by atoms with E-state index in [0.717, 1.165) is 0 Å². The SMILES string of the molecule is O=C(COc1ccc([N+](=O)[O-])cc1)NCCCn1nc2ccccn2c1=O. The van der Waals surface area contributed by atoms with Gasteiger partial charge in [0, 0.05) is 31.4 Å². The molecule has 1 aromatic carbocycles. The van der Waals surface area contributed by atoms with E-state index >= 15 is 0 Å². The van der Waals surface area contributed by atoms with Gasteiger partial charge in [0.1, 0.15) is 5.75 Å². The second-order valence-corrected chi connectivity index (χ2v) is 5.68. The van der Waals surface area contributed by atoms with E-state index in [2.05, 4.69) is 10.4 Å². The zero-order valence-corrected chi connectivity index (χ0v) is 14.3. The van der Waals surface area contributed by atoms with Gasteiger partial charge in [-0.15, -0.1) is 5.10 Å². The summed E-state index contributed by atoms with van der Waals surface area (Å²) in [5.74, 6) is 0.0442. The van der Waals surface area contributed by atoms with Gasteiger partial charge in [0.15, 0.2) is 12.3 Å². The molecule has 2 heterocycles. The first-order chi connectivity index (χ1) is 13.0. The number of aromatic nitrogens is 3. The summed E-state index contributed by atoms with van der Waals surface area (Å²) in [7, 11) is 0. The molecule has 1 N–H and O–H groups in total. The first-order valence-electron chi connectivity index (χ1n) is 8.23. The van der Waals surface area contributed by atoms with Crippen molar-refractivity contribution in [1.29, 1.82) is 0 Å². The Hall–Kier alpha value is -3.69. The van der Waals surface area contributed by atoms with Crippen molar-refractivity contribution in [1.82, 2.24) is 19.5 Å². The summed E-state index contributed by atoms with van der Waals surface area (Å²) in [4.78, 5) is 33.9. The number of nitro groups is 1. The third-order valence-electron chi connectivity index (χ3n) is 3.77. The number of nitrogens with one attached hydrogen (secondary N) is 1. The molecule has 10 nitrogen and oxygen atoms in total. The summed E-state index contributed by atoms with van der Waals surface area (Å²) in [5, 5.41) is 17.5. The molecule has 0 atom stereocenters. The molecule has 3 aromatic rings. The summed E-state index contributed by atoms with van der Waals surface area (Å²) >= 11 is 0. The maximum Gasteiger partial charge on any atom is 0.350 e. The quantitative estimate of drug-likeness (QED) is 0.358. The van der Waals surface area contributed by atoms with E-state index in [9.17, 15) is 19.7 Å². The highest BCUT2D eigenvalue weighted by molar-refractivity contribution is 5.77. The highest BCUT2D eigenvalue weighted by Crippen LogP contribution is 2.16. The molecule has 10 heteroatoms. The molecule has 0 fully saturated rings. The second-order valence-electron chi connectivity index (χ2n) is 5.68. The maximum absolute atomic E-state index is 12.1. The van der Waals surface area contributed by atoms with Crippen molar-refractivity contribution in [2.45, 2.75) is 13.0 Å². The number of nitro benzene ring substituents is 1. The number of hydrogen-bond acceptors (Lipinski definition) is 6. The molecule has 0 aliphatic rings. The summed E-state index contributed by atoms with van der Waals surface area (Å²) < 4.78 is 8.08. The molecule has 3 rings (SSSR count). The van der Waals surface area contributed by atoms with Gasteiger partial charge in [-0.3, -0.25) is 19.3 Å². The molecular weight excluding hydrogens is 354 g/mol. The number of rotatable bonds is 8. The van der Waals surface area contributed by atoms with E-state index in [1.54, 1.807) is 24.4 Å². The highest BCUT2D eigenvalue weighted by atomic mass is 16.6. The fraction of sp³-hybridized carbons (Fsp3) is 0.235. The Morgan fingerprint density at radius 1 is 1.22 bits per heavy atom. The lowest BCUT2D eigenvalue weighted by Gasteiger charge is -2.07. The second kappa shape index (κ2) is 8.13. The molecule has 1 amide bonds. The molecule has 0 saturated heterocycles. The van der Waals surface area contributed by atoms with Crippen LogP contribution in [0.15, 0.2) is 53.5 Å². The topological polar surface area (TPSA) is 121 Å². The van der Waals surface area contributed by atoms with Gasteiger partial charge in [0.25, 0.3) is 11.6 Å². The summed E-state index contributed by atoms with van der Waals surface area (Å²) in [6.45, 7) is 0.541. The van der Waals surface area contributed by atoms with E-state index in [4.69, 9.17) is 4.74 Å². The minimum atomic E-state index is -0.509. The van der Waals surface area contributed by atoms with E-state index in [0.29, 0.717) is 30.9 Å². The molecule has 0 saturated carbocycles. The average molecular weight is 371 g/mol. The summed E-state index contributed by atoms with van der Waals surface area (Å²) in [6.07, 6.45) is 2.19. The Bertz CT molecular complexity index is 1010. The van der Waals surface area contributed by atoms with Crippen LogP contribution < -0.4 is 15.7 Å². The first-order valence-corrected chi connectivity index (χ1v) is 8.23. The van der Waals surface area contributed by atoms with E-state index in [1.165, 1.54) is 33.3 Å². The lowest BCUT2D eigenvalue weighted by molar-refractivity contribution is -0.384. The predicted octanol–water partition coefficient (Wildman–Crippen LogP) is 0.989. The molecule has 0 aliphatic carbocycles. The normalized spacial score (nSPS) is 10.7. The average Bonchev–Trinajstić information content (AvgIpc) is 3.00. The fourth-order valence-corrected chi connectivity index (χ4v) is 2.43. The number of aryl methyl sites for hydroxylation is 1. The zero-order chi connectivity index (χ0) is 19.2. The number of ether oxygens (including phenoxy) is 1. The molecule has 0 unspecified atom stereocenters. The Balaban J connectivity index is 1.41. The Morgan fingerprint density at radius 2 is 2.00 bits per heavy atom. The van der Waals surface area contributed by atoms with Crippen molar-refractivity contribution >= 4 is 17.2 Å². The van der Waals surface area contributed by atoms with Crippen molar-refractivity contribution in [2.75, 3.05) is 13.2 Å². The minimum Gasteiger partial charge on any atom is -0.484 e. The van der Waals surface area contributed by atoms with Crippen molar-refractivity contribution < 1.29 is 14.5 Å². The van der Waals surface area contributed by atoms with Gasteiger partial charge in [0.2, 0.25) is 0 Å². The number of benzene rings is 1. The van der Waals surface area contributed by atoms with Crippen LogP contribution >= 0.6 is 0 Å². The van der Waals surface area contributed by atoms with Gasteiger partial charge in [0.05, 0.1) is 4.92 Å². The Kier molecular flexibility index (Phi) is 5.45. The van der Waals surface area contributed by atoms with Crippen LogP contribution in [0.4, 0.5) is 5.69 Å². The monoisotopic (exact) mass is 371 g/mol. The fourth-order valence-electron chi connectivity index (χ4n) is 2.43. The molecule has 27 heavy (non-hydrogen) atoms. The number of nitrogens with zero attached hydrogens (tertiary/aromatic N) is 4. The van der Waals surface area contributed by atoms with Crippen molar-refractivity contribution in [3.63, 3.8) is 0 Å². The number of hydrogen-bond donors (Lipinski definition) is 1. The molecule has 0 radical (unpaired) electrons. The third-order valence-corrected chi connectivity index (χ3v) is 3.77. The van der Waals surface area contributed by atoms with Gasteiger partial charge in [-0.25, -0.2) is 9.48 Å². The predicted molar refractivity (Wildman–Crippen MR) is 95.7 cm³/mol. The van der Waals surface area contributed by atoms with Gasteiger partial charge in [-0.05, 0) is 30.7 Å². The Morgan fingerprint density at radius 3 is 2.70 bits per heavy atom. The van der Waals surface area contributed by atoms with Crippen LogP contribution in [0, 0.1) is 10.1 Å². The van der Waals surface area contributed by atoms with Gasteiger partial charge in [-0.1, -0.05) is 6.07 Å². The van der Waals surface area contributed by atoms with Gasteiger partial charge < -0.3 is 10.1 Å². The van der Waals surface area contributed by atoms with Crippen LogP contribution in [-0.4, -0.2) is 38.2 Å². The Labute approximate surface area is 153 Å². The van der Waals surface area contributed by atoms with E-state index < -0.39 is 4.92 Å². The van der Waals surface area contributed by atoms with Gasteiger partial charge in [-0.2, -0.15) is 0 Å². The van der Waals surface area contributed by atoms with Crippen LogP contribution in [0.3, 0.4) is 0 Å².